The minimum absolute atomic E-state index is 0.459. The van der Waals surface area contributed by atoms with Crippen LogP contribution in [0.4, 0.5) is 5.69 Å². The van der Waals surface area contributed by atoms with Crippen LogP contribution in [0.3, 0.4) is 0 Å². The van der Waals surface area contributed by atoms with Gasteiger partial charge in [0.25, 0.3) is 0 Å². The Kier molecular flexibility index (Phi) is 4.97. The SMILES string of the molecule is CSCc1ccc(CNc2cnc(Cl)c(Br)c2)o1. The van der Waals surface area contributed by atoms with Crippen LogP contribution in [0, 0.1) is 0 Å². The highest BCUT2D eigenvalue weighted by atomic mass is 79.9. The molecule has 0 radical (unpaired) electrons. The van der Waals surface area contributed by atoms with E-state index in [0.717, 1.165) is 27.4 Å². The van der Waals surface area contributed by atoms with Crippen LogP contribution in [0.1, 0.15) is 11.5 Å². The molecule has 2 aromatic rings. The van der Waals surface area contributed by atoms with E-state index in [1.165, 1.54) is 0 Å². The van der Waals surface area contributed by atoms with Crippen molar-refractivity contribution >= 4 is 45.0 Å². The molecule has 6 heteroatoms. The van der Waals surface area contributed by atoms with Crippen LogP contribution in [0.5, 0.6) is 0 Å². The van der Waals surface area contributed by atoms with E-state index >= 15 is 0 Å². The van der Waals surface area contributed by atoms with Gasteiger partial charge in [-0.05, 0) is 40.4 Å². The molecular weight excluding hydrogens is 336 g/mol. The highest BCUT2D eigenvalue weighted by Gasteiger charge is 2.03. The van der Waals surface area contributed by atoms with Crippen LogP contribution >= 0.6 is 39.3 Å². The molecule has 0 bridgehead atoms. The molecule has 2 heterocycles. The quantitative estimate of drug-likeness (QED) is 0.804. The van der Waals surface area contributed by atoms with Gasteiger partial charge >= 0.3 is 0 Å². The summed E-state index contributed by atoms with van der Waals surface area (Å²) >= 11 is 10.9. The second-order valence-corrected chi connectivity index (χ2v) is 5.73. The summed E-state index contributed by atoms with van der Waals surface area (Å²) in [5.74, 6) is 2.80. The first-order valence-corrected chi connectivity index (χ1v) is 7.87. The Morgan fingerprint density at radius 3 is 2.94 bits per heavy atom. The van der Waals surface area contributed by atoms with Gasteiger partial charge in [0.2, 0.25) is 0 Å². The molecule has 96 valence electrons. The van der Waals surface area contributed by atoms with Gasteiger partial charge in [-0.3, -0.25) is 0 Å². The molecule has 2 rings (SSSR count). The maximum absolute atomic E-state index is 5.83. The van der Waals surface area contributed by atoms with Gasteiger partial charge in [0, 0.05) is 0 Å². The molecule has 0 unspecified atom stereocenters. The fraction of sp³-hybridized carbons (Fsp3) is 0.250. The van der Waals surface area contributed by atoms with Crippen molar-refractivity contribution in [2.45, 2.75) is 12.3 Å². The second-order valence-electron chi connectivity index (χ2n) is 3.65. The summed E-state index contributed by atoms with van der Waals surface area (Å²) in [5.41, 5.74) is 0.897. The summed E-state index contributed by atoms with van der Waals surface area (Å²) in [5, 5.41) is 3.69. The summed E-state index contributed by atoms with van der Waals surface area (Å²) in [6.45, 7) is 0.629. The molecule has 0 aliphatic rings. The molecule has 0 amide bonds. The standard InChI is InChI=1S/C12H12BrClN2OS/c1-18-7-10-3-2-9(17-10)6-15-8-4-11(13)12(14)16-5-8/h2-5,15H,6-7H2,1H3. The first kappa shape index (κ1) is 13.8. The summed E-state index contributed by atoms with van der Waals surface area (Å²) in [4.78, 5) is 4.05. The molecule has 0 aliphatic heterocycles. The monoisotopic (exact) mass is 346 g/mol. The lowest BCUT2D eigenvalue weighted by molar-refractivity contribution is 0.487. The average Bonchev–Trinajstić information content (AvgIpc) is 2.79. The fourth-order valence-corrected chi connectivity index (χ4v) is 2.34. The van der Waals surface area contributed by atoms with Crippen molar-refractivity contribution in [1.82, 2.24) is 4.98 Å². The highest BCUT2D eigenvalue weighted by molar-refractivity contribution is 9.10. The van der Waals surface area contributed by atoms with E-state index in [9.17, 15) is 0 Å². The van der Waals surface area contributed by atoms with Crippen LogP contribution < -0.4 is 5.32 Å². The van der Waals surface area contributed by atoms with Gasteiger partial charge in [0.1, 0.15) is 16.7 Å². The Hall–Kier alpha value is -0.650. The average molecular weight is 348 g/mol. The Morgan fingerprint density at radius 2 is 2.22 bits per heavy atom. The maximum atomic E-state index is 5.83. The Bertz CT molecular complexity index is 533. The third kappa shape index (κ3) is 3.67. The van der Waals surface area contributed by atoms with Gasteiger partial charge in [0.15, 0.2) is 0 Å². The molecule has 0 spiro atoms. The summed E-state index contributed by atoms with van der Waals surface area (Å²) in [7, 11) is 0. The molecule has 0 saturated carbocycles. The molecule has 2 aromatic heterocycles. The van der Waals surface area contributed by atoms with Crippen LogP contribution in [-0.2, 0) is 12.3 Å². The Morgan fingerprint density at radius 1 is 1.44 bits per heavy atom. The van der Waals surface area contributed by atoms with E-state index in [2.05, 4.69) is 32.5 Å². The van der Waals surface area contributed by atoms with E-state index in [1.54, 1.807) is 18.0 Å². The van der Waals surface area contributed by atoms with Crippen LogP contribution in [0.15, 0.2) is 33.3 Å². The summed E-state index contributed by atoms with van der Waals surface area (Å²) in [6, 6.07) is 5.88. The molecule has 1 N–H and O–H groups in total. The van der Waals surface area contributed by atoms with Gasteiger partial charge in [-0.25, -0.2) is 4.98 Å². The van der Waals surface area contributed by atoms with Gasteiger partial charge in [-0.1, -0.05) is 11.6 Å². The number of pyridine rings is 1. The van der Waals surface area contributed by atoms with Crippen molar-refractivity contribution in [3.63, 3.8) is 0 Å². The molecule has 0 fully saturated rings. The largest absolute Gasteiger partial charge is 0.463 e. The minimum Gasteiger partial charge on any atom is -0.463 e. The molecule has 3 nitrogen and oxygen atoms in total. The lowest BCUT2D eigenvalue weighted by atomic mass is 10.4. The topological polar surface area (TPSA) is 38.1 Å². The van der Waals surface area contributed by atoms with Gasteiger partial charge < -0.3 is 9.73 Å². The zero-order valence-electron chi connectivity index (χ0n) is 9.74. The molecule has 0 atom stereocenters. The van der Waals surface area contributed by atoms with E-state index in [4.69, 9.17) is 16.0 Å². The molecule has 0 aliphatic carbocycles. The number of anilines is 1. The number of furan rings is 1. The number of halogens is 2. The van der Waals surface area contributed by atoms with Crippen molar-refractivity contribution in [2.24, 2.45) is 0 Å². The van der Waals surface area contributed by atoms with Crippen molar-refractivity contribution in [3.05, 3.63) is 45.5 Å². The van der Waals surface area contributed by atoms with E-state index in [0.29, 0.717) is 11.7 Å². The molecular formula is C12H12BrClN2OS. The number of aromatic nitrogens is 1. The zero-order valence-corrected chi connectivity index (χ0v) is 12.9. The lowest BCUT2D eigenvalue weighted by Crippen LogP contribution is -1.98. The number of hydrogen-bond donors (Lipinski definition) is 1. The Balaban J connectivity index is 1.95. The van der Waals surface area contributed by atoms with Crippen LogP contribution in [0.25, 0.3) is 0 Å². The normalized spacial score (nSPS) is 10.6. The van der Waals surface area contributed by atoms with Crippen molar-refractivity contribution in [1.29, 1.82) is 0 Å². The Labute approximate surface area is 123 Å². The van der Waals surface area contributed by atoms with E-state index in [1.807, 2.05) is 18.2 Å². The van der Waals surface area contributed by atoms with Gasteiger partial charge in [-0.15, -0.1) is 0 Å². The minimum atomic E-state index is 0.459. The van der Waals surface area contributed by atoms with E-state index < -0.39 is 0 Å². The molecule has 0 aromatic carbocycles. The third-order valence-corrected chi connectivity index (χ3v) is 3.97. The summed E-state index contributed by atoms with van der Waals surface area (Å²) < 4.78 is 6.43. The highest BCUT2D eigenvalue weighted by Crippen LogP contribution is 2.23. The molecule has 18 heavy (non-hydrogen) atoms. The molecule has 0 saturated heterocycles. The van der Waals surface area contributed by atoms with Crippen molar-refractivity contribution in [3.8, 4) is 0 Å². The number of thioether (sulfide) groups is 1. The first-order valence-electron chi connectivity index (χ1n) is 5.30. The third-order valence-electron chi connectivity index (χ3n) is 2.27. The second kappa shape index (κ2) is 6.50. The van der Waals surface area contributed by atoms with Crippen molar-refractivity contribution < 1.29 is 4.42 Å². The smallest absolute Gasteiger partial charge is 0.143 e. The van der Waals surface area contributed by atoms with Crippen molar-refractivity contribution in [2.75, 3.05) is 11.6 Å². The first-order chi connectivity index (χ1) is 8.69. The predicted molar refractivity (Wildman–Crippen MR) is 80.2 cm³/mol. The number of hydrogen-bond acceptors (Lipinski definition) is 4. The van der Waals surface area contributed by atoms with Gasteiger partial charge in [-0.2, -0.15) is 11.8 Å². The number of nitrogens with one attached hydrogen (secondary N) is 1. The fourth-order valence-electron chi connectivity index (χ4n) is 1.44. The maximum Gasteiger partial charge on any atom is 0.143 e. The number of nitrogens with zero attached hydrogens (tertiary/aromatic N) is 1. The van der Waals surface area contributed by atoms with Crippen LogP contribution in [-0.4, -0.2) is 11.2 Å². The lowest BCUT2D eigenvalue weighted by Gasteiger charge is -2.05. The van der Waals surface area contributed by atoms with Crippen LogP contribution in [0.2, 0.25) is 5.15 Å². The van der Waals surface area contributed by atoms with Gasteiger partial charge in [0.05, 0.1) is 28.7 Å². The zero-order chi connectivity index (χ0) is 13.0. The summed E-state index contributed by atoms with van der Waals surface area (Å²) in [6.07, 6.45) is 3.75. The van der Waals surface area contributed by atoms with E-state index in [-0.39, 0.29) is 0 Å². The predicted octanol–water partition coefficient (Wildman–Crippen LogP) is 4.57. The number of rotatable bonds is 5.